The maximum Gasteiger partial charge on any atom is 0.416 e. The van der Waals surface area contributed by atoms with E-state index in [9.17, 15) is 22.8 Å². The fourth-order valence-corrected chi connectivity index (χ4v) is 4.69. The molecular weight excluding hydrogens is 475 g/mol. The summed E-state index contributed by atoms with van der Waals surface area (Å²) in [5, 5.41) is 5.22. The molecule has 4 rings (SSSR count). The zero-order chi connectivity index (χ0) is 24.8. The topological polar surface area (TPSA) is 62.3 Å². The highest BCUT2D eigenvalue weighted by Crippen LogP contribution is 2.31. The molecule has 2 amide bonds. The second-order valence-electron chi connectivity index (χ2n) is 8.13. The Hall–Kier alpha value is -3.64. The van der Waals surface area contributed by atoms with E-state index in [-0.39, 0.29) is 30.0 Å². The van der Waals surface area contributed by atoms with Gasteiger partial charge in [-0.3, -0.25) is 9.59 Å². The van der Waals surface area contributed by atoms with Gasteiger partial charge in [0, 0.05) is 42.4 Å². The first-order valence-electron chi connectivity index (χ1n) is 11.1. The van der Waals surface area contributed by atoms with Gasteiger partial charge >= 0.3 is 6.18 Å². The standard InChI is InChI=1S/C26H22F3N3O2S/c27-26(28,29)21-9-6-19(7-10-21)16-30-24(34)22-17-35-25(31-22)20-12-14-32(15-13-20)23(33)11-8-18-4-2-1-3-5-18/h1-7,9-10,17,20H,12-16H2,(H,30,34). The van der Waals surface area contributed by atoms with Crippen molar-refractivity contribution in [3.63, 3.8) is 0 Å². The van der Waals surface area contributed by atoms with Crippen LogP contribution < -0.4 is 5.32 Å². The number of piperidine rings is 1. The first kappa shape index (κ1) is 24.5. The molecule has 0 unspecified atom stereocenters. The lowest BCUT2D eigenvalue weighted by Gasteiger charge is -2.29. The van der Waals surface area contributed by atoms with Crippen molar-refractivity contribution in [1.82, 2.24) is 15.2 Å². The molecule has 0 radical (unpaired) electrons. The number of nitrogens with one attached hydrogen (secondary N) is 1. The molecule has 2 aromatic carbocycles. The molecule has 2 heterocycles. The molecule has 1 N–H and O–H groups in total. The molecule has 1 aliphatic heterocycles. The Morgan fingerprint density at radius 1 is 1.06 bits per heavy atom. The number of halogens is 3. The van der Waals surface area contributed by atoms with Crippen LogP contribution in [-0.2, 0) is 17.5 Å². The van der Waals surface area contributed by atoms with Gasteiger partial charge in [-0.05, 0) is 42.7 Å². The van der Waals surface area contributed by atoms with Crippen molar-refractivity contribution in [3.8, 4) is 11.8 Å². The third-order valence-electron chi connectivity index (χ3n) is 5.71. The molecule has 180 valence electrons. The first-order valence-corrected chi connectivity index (χ1v) is 11.9. The summed E-state index contributed by atoms with van der Waals surface area (Å²) in [6.45, 7) is 1.25. The zero-order valence-electron chi connectivity index (χ0n) is 18.6. The molecule has 1 saturated heterocycles. The Labute approximate surface area is 205 Å². The normalized spacial score (nSPS) is 14.2. The highest BCUT2D eigenvalue weighted by molar-refractivity contribution is 7.09. The van der Waals surface area contributed by atoms with Crippen LogP contribution in [0.25, 0.3) is 0 Å². The molecule has 0 saturated carbocycles. The van der Waals surface area contributed by atoms with Crippen LogP contribution in [0.3, 0.4) is 0 Å². The summed E-state index contributed by atoms with van der Waals surface area (Å²) in [5.74, 6) is 5.16. The Balaban J connectivity index is 1.27. The van der Waals surface area contributed by atoms with Crippen LogP contribution in [0.15, 0.2) is 60.0 Å². The number of thiazole rings is 1. The van der Waals surface area contributed by atoms with Crippen LogP contribution >= 0.6 is 11.3 Å². The number of rotatable bonds is 4. The highest BCUT2D eigenvalue weighted by atomic mass is 32.1. The molecule has 0 atom stereocenters. The highest BCUT2D eigenvalue weighted by Gasteiger charge is 2.30. The third-order valence-corrected chi connectivity index (χ3v) is 6.72. The van der Waals surface area contributed by atoms with Crippen LogP contribution in [-0.4, -0.2) is 34.8 Å². The van der Waals surface area contributed by atoms with Crippen molar-refractivity contribution in [3.05, 3.63) is 87.4 Å². The maximum absolute atomic E-state index is 12.7. The number of alkyl halides is 3. The predicted molar refractivity (Wildman–Crippen MR) is 127 cm³/mol. The van der Waals surface area contributed by atoms with Gasteiger partial charge in [-0.1, -0.05) is 36.3 Å². The molecule has 0 aliphatic carbocycles. The molecule has 5 nitrogen and oxygen atoms in total. The van der Waals surface area contributed by atoms with E-state index in [0.29, 0.717) is 18.7 Å². The second-order valence-corrected chi connectivity index (χ2v) is 9.02. The van der Waals surface area contributed by atoms with Crippen LogP contribution in [0.5, 0.6) is 0 Å². The van der Waals surface area contributed by atoms with Crippen molar-refractivity contribution in [1.29, 1.82) is 0 Å². The molecule has 35 heavy (non-hydrogen) atoms. The van der Waals surface area contributed by atoms with Crippen LogP contribution in [0.2, 0.25) is 0 Å². The van der Waals surface area contributed by atoms with E-state index in [1.54, 1.807) is 10.3 Å². The summed E-state index contributed by atoms with van der Waals surface area (Å²) in [7, 11) is 0. The third kappa shape index (κ3) is 6.49. The number of amides is 2. The number of hydrogen-bond acceptors (Lipinski definition) is 4. The van der Waals surface area contributed by atoms with Crippen LogP contribution in [0.1, 0.15) is 50.9 Å². The van der Waals surface area contributed by atoms with Crippen molar-refractivity contribution in [2.24, 2.45) is 0 Å². The van der Waals surface area contributed by atoms with Gasteiger partial charge < -0.3 is 10.2 Å². The minimum Gasteiger partial charge on any atom is -0.347 e. The summed E-state index contributed by atoms with van der Waals surface area (Å²) in [4.78, 5) is 31.0. The van der Waals surface area contributed by atoms with Crippen LogP contribution in [0.4, 0.5) is 13.2 Å². The average molecular weight is 498 g/mol. The smallest absolute Gasteiger partial charge is 0.347 e. The van der Waals surface area contributed by atoms with Gasteiger partial charge in [0.15, 0.2) is 0 Å². The van der Waals surface area contributed by atoms with E-state index in [0.717, 1.165) is 35.5 Å². The SMILES string of the molecule is O=C(NCc1ccc(C(F)(F)F)cc1)c1csc(C2CCN(C(=O)C#Cc3ccccc3)CC2)n1. The lowest BCUT2D eigenvalue weighted by molar-refractivity contribution is -0.137. The lowest BCUT2D eigenvalue weighted by Crippen LogP contribution is -2.37. The molecule has 0 bridgehead atoms. The summed E-state index contributed by atoms with van der Waals surface area (Å²) in [6.07, 6.45) is -2.92. The monoisotopic (exact) mass is 497 g/mol. The number of nitrogens with zero attached hydrogens (tertiary/aromatic N) is 2. The van der Waals surface area contributed by atoms with Gasteiger partial charge in [0.1, 0.15) is 5.69 Å². The lowest BCUT2D eigenvalue weighted by atomic mass is 9.97. The molecule has 1 aliphatic rings. The Bertz CT molecular complexity index is 1240. The second kappa shape index (κ2) is 10.7. The Kier molecular flexibility index (Phi) is 7.51. The van der Waals surface area contributed by atoms with Crippen molar-refractivity contribution >= 4 is 23.2 Å². The zero-order valence-corrected chi connectivity index (χ0v) is 19.5. The molecule has 1 aromatic heterocycles. The summed E-state index contributed by atoms with van der Waals surface area (Å²) < 4.78 is 38.0. The molecule has 9 heteroatoms. The van der Waals surface area contributed by atoms with Crippen LogP contribution in [0, 0.1) is 11.8 Å². The van der Waals surface area contributed by atoms with E-state index in [1.165, 1.54) is 23.5 Å². The fourth-order valence-electron chi connectivity index (χ4n) is 3.72. The Morgan fingerprint density at radius 2 is 1.74 bits per heavy atom. The number of carbonyl (C=O) groups excluding carboxylic acids is 2. The van der Waals surface area contributed by atoms with Gasteiger partial charge in [-0.15, -0.1) is 11.3 Å². The van der Waals surface area contributed by atoms with E-state index >= 15 is 0 Å². The molecule has 3 aromatic rings. The van der Waals surface area contributed by atoms with Gasteiger partial charge in [0.05, 0.1) is 10.6 Å². The minimum atomic E-state index is -4.39. The van der Waals surface area contributed by atoms with Gasteiger partial charge in [-0.2, -0.15) is 13.2 Å². The van der Waals surface area contributed by atoms with Gasteiger partial charge in [0.2, 0.25) is 0 Å². The number of aromatic nitrogens is 1. The molecule has 1 fully saturated rings. The molecular formula is C26H22F3N3O2S. The van der Waals surface area contributed by atoms with Gasteiger partial charge in [-0.25, -0.2) is 4.98 Å². The number of benzene rings is 2. The number of carbonyl (C=O) groups is 2. The number of hydrogen-bond donors (Lipinski definition) is 1. The van der Waals surface area contributed by atoms with Crippen molar-refractivity contribution in [2.45, 2.75) is 31.5 Å². The van der Waals surface area contributed by atoms with E-state index in [2.05, 4.69) is 22.1 Å². The predicted octanol–water partition coefficient (Wildman–Crippen LogP) is 4.85. The average Bonchev–Trinajstić information content (AvgIpc) is 3.37. The van der Waals surface area contributed by atoms with E-state index < -0.39 is 11.7 Å². The van der Waals surface area contributed by atoms with Crippen molar-refractivity contribution < 1.29 is 22.8 Å². The van der Waals surface area contributed by atoms with E-state index in [1.807, 2.05) is 30.3 Å². The van der Waals surface area contributed by atoms with E-state index in [4.69, 9.17) is 0 Å². The quantitative estimate of drug-likeness (QED) is 0.525. The Morgan fingerprint density at radius 3 is 2.40 bits per heavy atom. The number of likely N-dealkylation sites (tertiary alicyclic amines) is 1. The van der Waals surface area contributed by atoms with Crippen molar-refractivity contribution in [2.75, 3.05) is 13.1 Å². The minimum absolute atomic E-state index is 0.106. The summed E-state index contributed by atoms with van der Waals surface area (Å²) in [5.41, 5.74) is 0.911. The largest absolute Gasteiger partial charge is 0.416 e. The summed E-state index contributed by atoms with van der Waals surface area (Å²) in [6, 6.07) is 14.0. The molecule has 0 spiro atoms. The first-order chi connectivity index (χ1) is 16.8. The summed E-state index contributed by atoms with van der Waals surface area (Å²) >= 11 is 1.40. The van der Waals surface area contributed by atoms with Gasteiger partial charge in [0.25, 0.3) is 11.8 Å². The maximum atomic E-state index is 12.7. The fraction of sp³-hybridized carbons (Fsp3) is 0.269.